The molecule has 2 aliphatic heterocycles. The minimum atomic E-state index is -0.110. The Morgan fingerprint density at radius 1 is 1.12 bits per heavy atom. The minimum Gasteiger partial charge on any atom is -0.508 e. The fraction of sp³-hybridized carbons (Fsp3) is 0.0500. The van der Waals surface area contributed by atoms with Gasteiger partial charge in [0.15, 0.2) is 5.84 Å². The predicted octanol–water partition coefficient (Wildman–Crippen LogP) is 3.26. The number of aromatic hydroxyl groups is 1. The van der Waals surface area contributed by atoms with Crippen LogP contribution in [-0.2, 0) is 0 Å². The van der Waals surface area contributed by atoms with Crippen molar-refractivity contribution in [3.8, 4) is 5.75 Å². The summed E-state index contributed by atoms with van der Waals surface area (Å²) in [6, 6.07) is 15.2. The normalized spacial score (nSPS) is 20.1. The molecule has 5 heteroatoms. The van der Waals surface area contributed by atoms with E-state index >= 15 is 0 Å². The molecule has 0 bridgehead atoms. The van der Waals surface area contributed by atoms with E-state index in [1.807, 2.05) is 42.6 Å². The van der Waals surface area contributed by atoms with Gasteiger partial charge in [0.05, 0.1) is 6.04 Å². The van der Waals surface area contributed by atoms with Gasteiger partial charge in [-0.3, -0.25) is 0 Å². The van der Waals surface area contributed by atoms with Gasteiger partial charge in [-0.1, -0.05) is 43.0 Å². The summed E-state index contributed by atoms with van der Waals surface area (Å²) < 4.78 is 0. The maximum atomic E-state index is 9.61. The lowest BCUT2D eigenvalue weighted by Crippen LogP contribution is -2.17. The zero-order valence-corrected chi connectivity index (χ0v) is 13.5. The first kappa shape index (κ1) is 15.1. The molecular formula is C20H18N4O. The number of phenols is 1. The number of hydrogen-bond acceptors (Lipinski definition) is 4. The first-order valence-electron chi connectivity index (χ1n) is 7.99. The fourth-order valence-electron chi connectivity index (χ4n) is 3.39. The van der Waals surface area contributed by atoms with E-state index in [0.717, 1.165) is 33.5 Å². The molecule has 2 aromatic carbocycles. The van der Waals surface area contributed by atoms with E-state index in [-0.39, 0.29) is 11.8 Å². The summed E-state index contributed by atoms with van der Waals surface area (Å²) in [6.45, 7) is 3.99. The highest BCUT2D eigenvalue weighted by Gasteiger charge is 2.33. The van der Waals surface area contributed by atoms with Gasteiger partial charge in [-0.25, -0.2) is 0 Å². The van der Waals surface area contributed by atoms with Crippen LogP contribution >= 0.6 is 0 Å². The summed E-state index contributed by atoms with van der Waals surface area (Å²) in [4.78, 5) is 0. The van der Waals surface area contributed by atoms with Crippen LogP contribution in [-0.4, -0.2) is 10.9 Å². The average Bonchev–Trinajstić information content (AvgIpc) is 3.00. The fourth-order valence-corrected chi connectivity index (χ4v) is 3.39. The van der Waals surface area contributed by atoms with E-state index in [1.165, 1.54) is 0 Å². The first-order valence-corrected chi connectivity index (χ1v) is 7.99. The summed E-state index contributed by atoms with van der Waals surface area (Å²) in [6.07, 6.45) is 3.75. The molecule has 5 N–H and O–H groups in total. The van der Waals surface area contributed by atoms with E-state index < -0.39 is 0 Å². The lowest BCUT2D eigenvalue weighted by atomic mass is 9.91. The molecule has 0 saturated carbocycles. The van der Waals surface area contributed by atoms with Gasteiger partial charge in [0.1, 0.15) is 5.75 Å². The predicted molar refractivity (Wildman–Crippen MR) is 101 cm³/mol. The Morgan fingerprint density at radius 2 is 1.88 bits per heavy atom. The number of hydrazone groups is 1. The van der Waals surface area contributed by atoms with Crippen LogP contribution in [0.15, 0.2) is 83.6 Å². The van der Waals surface area contributed by atoms with Crippen LogP contribution in [0.3, 0.4) is 0 Å². The Hall–Kier alpha value is -3.47. The van der Waals surface area contributed by atoms with Crippen LogP contribution in [0.4, 0.5) is 5.69 Å². The molecular weight excluding hydrogens is 312 g/mol. The van der Waals surface area contributed by atoms with Crippen molar-refractivity contribution < 1.29 is 5.11 Å². The van der Waals surface area contributed by atoms with Crippen molar-refractivity contribution in [2.45, 2.75) is 6.04 Å². The number of hydrogen-bond donors (Lipinski definition) is 4. The number of nitrogens with one attached hydrogen (secondary N) is 2. The monoisotopic (exact) mass is 330 g/mol. The highest BCUT2D eigenvalue weighted by atomic mass is 16.3. The SMILES string of the molecule is C=CC1=C2C(=CN/C2=N/N)C(c2ccc(O)cc2)Nc2ccccc21. The zero-order chi connectivity index (χ0) is 17.4. The summed E-state index contributed by atoms with van der Waals surface area (Å²) >= 11 is 0. The van der Waals surface area contributed by atoms with E-state index in [0.29, 0.717) is 5.84 Å². The minimum absolute atomic E-state index is 0.110. The Balaban J connectivity index is 1.97. The van der Waals surface area contributed by atoms with Gasteiger partial charge in [0.25, 0.3) is 0 Å². The van der Waals surface area contributed by atoms with E-state index in [9.17, 15) is 5.11 Å². The third kappa shape index (κ3) is 2.37. The molecule has 0 aliphatic carbocycles. The van der Waals surface area contributed by atoms with Crippen LogP contribution in [0.25, 0.3) is 5.57 Å². The molecule has 0 saturated heterocycles. The first-order chi connectivity index (χ1) is 12.2. The molecule has 1 unspecified atom stereocenters. The molecule has 5 nitrogen and oxygen atoms in total. The molecule has 0 radical (unpaired) electrons. The molecule has 2 aliphatic rings. The lowest BCUT2D eigenvalue weighted by Gasteiger charge is -2.21. The topological polar surface area (TPSA) is 82.7 Å². The van der Waals surface area contributed by atoms with Crippen molar-refractivity contribution in [1.82, 2.24) is 5.32 Å². The van der Waals surface area contributed by atoms with Crippen molar-refractivity contribution in [1.29, 1.82) is 0 Å². The van der Waals surface area contributed by atoms with Gasteiger partial charge in [-0.2, -0.15) is 5.10 Å². The number of para-hydroxylation sites is 1. The molecule has 0 spiro atoms. The third-order valence-corrected chi connectivity index (χ3v) is 4.55. The van der Waals surface area contributed by atoms with Gasteiger partial charge in [0.2, 0.25) is 0 Å². The van der Waals surface area contributed by atoms with Crippen LogP contribution in [0.2, 0.25) is 0 Å². The number of nitrogens with zero attached hydrogens (tertiary/aromatic N) is 1. The quantitative estimate of drug-likeness (QED) is 0.503. The smallest absolute Gasteiger partial charge is 0.157 e. The third-order valence-electron chi connectivity index (χ3n) is 4.55. The summed E-state index contributed by atoms with van der Waals surface area (Å²) in [5.74, 6) is 6.46. The Bertz CT molecular complexity index is 938. The summed E-state index contributed by atoms with van der Waals surface area (Å²) in [5, 5.41) is 20.3. The molecule has 25 heavy (non-hydrogen) atoms. The van der Waals surface area contributed by atoms with Crippen molar-refractivity contribution in [3.63, 3.8) is 0 Å². The molecule has 124 valence electrons. The molecule has 0 fully saturated rings. The number of nitrogens with two attached hydrogens (primary N) is 1. The van der Waals surface area contributed by atoms with Gasteiger partial charge in [-0.05, 0) is 29.3 Å². The highest BCUT2D eigenvalue weighted by Crippen LogP contribution is 2.43. The number of rotatable bonds is 2. The van der Waals surface area contributed by atoms with Gasteiger partial charge < -0.3 is 21.6 Å². The second kappa shape index (κ2) is 5.87. The summed E-state index contributed by atoms with van der Waals surface area (Å²) in [5.41, 5.74) is 6.03. The van der Waals surface area contributed by atoms with Crippen molar-refractivity contribution in [2.24, 2.45) is 10.9 Å². The molecule has 0 aromatic heterocycles. The lowest BCUT2D eigenvalue weighted by molar-refractivity contribution is 0.475. The van der Waals surface area contributed by atoms with Crippen molar-refractivity contribution >= 4 is 17.1 Å². The standard InChI is InChI=1S/C20H18N4O/c1-2-14-15-5-3-4-6-17(15)23-19(12-7-9-13(25)10-8-12)16-11-22-20(24-21)18(14)16/h2-11,19,23,25H,1,21H2,(H,22,24). The highest BCUT2D eigenvalue weighted by molar-refractivity contribution is 6.14. The largest absolute Gasteiger partial charge is 0.508 e. The number of allylic oxidation sites excluding steroid dienone is 2. The maximum absolute atomic E-state index is 9.61. The van der Waals surface area contributed by atoms with Crippen LogP contribution < -0.4 is 16.5 Å². The number of anilines is 1. The molecule has 1 atom stereocenters. The van der Waals surface area contributed by atoms with E-state index in [2.05, 4.69) is 28.4 Å². The van der Waals surface area contributed by atoms with Crippen LogP contribution in [0.1, 0.15) is 17.2 Å². The van der Waals surface area contributed by atoms with E-state index in [1.54, 1.807) is 12.1 Å². The van der Waals surface area contributed by atoms with Gasteiger partial charge in [0, 0.05) is 28.6 Å². The Kier molecular flexibility index (Phi) is 3.54. The second-order valence-corrected chi connectivity index (χ2v) is 5.93. The van der Waals surface area contributed by atoms with Gasteiger partial charge >= 0.3 is 0 Å². The van der Waals surface area contributed by atoms with Gasteiger partial charge in [-0.15, -0.1) is 0 Å². The molecule has 0 amide bonds. The number of fused-ring (bicyclic) bond motifs is 2. The second-order valence-electron chi connectivity index (χ2n) is 5.93. The maximum Gasteiger partial charge on any atom is 0.157 e. The Labute approximate surface area is 145 Å². The Morgan fingerprint density at radius 3 is 2.60 bits per heavy atom. The number of amidine groups is 1. The van der Waals surface area contributed by atoms with Crippen molar-refractivity contribution in [3.05, 3.63) is 89.7 Å². The molecule has 4 rings (SSSR count). The number of benzene rings is 2. The van der Waals surface area contributed by atoms with E-state index in [4.69, 9.17) is 5.84 Å². The summed E-state index contributed by atoms with van der Waals surface area (Å²) in [7, 11) is 0. The van der Waals surface area contributed by atoms with Crippen LogP contribution in [0, 0.1) is 0 Å². The van der Waals surface area contributed by atoms with Crippen LogP contribution in [0.5, 0.6) is 5.75 Å². The van der Waals surface area contributed by atoms with Crippen molar-refractivity contribution in [2.75, 3.05) is 5.32 Å². The molecule has 2 aromatic rings. The zero-order valence-electron chi connectivity index (χ0n) is 13.5. The number of phenolic OH excluding ortho intramolecular Hbond substituents is 1. The molecule has 2 heterocycles. The average molecular weight is 330 g/mol.